The van der Waals surface area contributed by atoms with Gasteiger partial charge in [-0.3, -0.25) is 4.79 Å². The van der Waals surface area contributed by atoms with Crippen LogP contribution in [-0.2, 0) is 4.79 Å². The van der Waals surface area contributed by atoms with Crippen molar-refractivity contribution >= 4 is 5.97 Å². The standard InChI is InChI=1S/C25H44O5/c1-5-20(27)23-18-8-7-17(15(2)6-9-22(29)30)25(18,4)21(28)14-19(23)24(3)12-10-16(26)11-13-24/h15-21,23,26-28H,5-14H2,1-4H3,(H,29,30)/t15-,16-,17-,18?,19?,20-,21+,23?,24+,25-/m1/s1. The number of carbonyl (C=O) groups is 1. The van der Waals surface area contributed by atoms with Gasteiger partial charge in [-0.25, -0.2) is 0 Å². The highest BCUT2D eigenvalue weighted by molar-refractivity contribution is 5.66. The Labute approximate surface area is 182 Å². The van der Waals surface area contributed by atoms with Crippen molar-refractivity contribution < 1.29 is 25.2 Å². The lowest BCUT2D eigenvalue weighted by molar-refractivity contribution is -0.166. The molecule has 0 aromatic rings. The summed E-state index contributed by atoms with van der Waals surface area (Å²) in [4.78, 5) is 11.1. The number of carboxylic acid groups (broad SMARTS) is 1. The molecule has 5 nitrogen and oxygen atoms in total. The predicted octanol–water partition coefficient (Wildman–Crippen LogP) is 4.23. The first kappa shape index (κ1) is 24.0. The van der Waals surface area contributed by atoms with Gasteiger partial charge in [0.05, 0.1) is 18.3 Å². The first-order chi connectivity index (χ1) is 14.0. The maximum Gasteiger partial charge on any atom is 0.303 e. The number of hydrogen-bond acceptors (Lipinski definition) is 4. The second kappa shape index (κ2) is 9.07. The molecule has 3 fully saturated rings. The summed E-state index contributed by atoms with van der Waals surface area (Å²) in [7, 11) is 0. The monoisotopic (exact) mass is 424 g/mol. The molecule has 3 aliphatic rings. The van der Waals surface area contributed by atoms with Crippen LogP contribution in [0.1, 0.15) is 91.9 Å². The Bertz CT molecular complexity index is 598. The molecule has 3 aliphatic carbocycles. The Morgan fingerprint density at radius 2 is 1.70 bits per heavy atom. The summed E-state index contributed by atoms with van der Waals surface area (Å²) < 4.78 is 0. The van der Waals surface area contributed by atoms with Gasteiger partial charge < -0.3 is 20.4 Å². The summed E-state index contributed by atoms with van der Waals surface area (Å²) in [6.07, 6.45) is 6.82. The fraction of sp³-hybridized carbons (Fsp3) is 0.960. The summed E-state index contributed by atoms with van der Waals surface area (Å²) in [6, 6.07) is 0. The van der Waals surface area contributed by atoms with E-state index in [0.717, 1.165) is 44.9 Å². The second-order valence-electron chi connectivity index (χ2n) is 11.4. The number of fused-ring (bicyclic) bond motifs is 1. The summed E-state index contributed by atoms with van der Waals surface area (Å²) in [5, 5.41) is 41.9. The molecule has 0 heterocycles. The van der Waals surface area contributed by atoms with Crippen molar-refractivity contribution in [3.63, 3.8) is 0 Å². The van der Waals surface area contributed by atoms with Crippen LogP contribution in [0, 0.1) is 40.4 Å². The Balaban J connectivity index is 1.89. The molecule has 5 heteroatoms. The van der Waals surface area contributed by atoms with Gasteiger partial charge in [-0.2, -0.15) is 0 Å². The molecular formula is C25H44O5. The smallest absolute Gasteiger partial charge is 0.303 e. The first-order valence-electron chi connectivity index (χ1n) is 12.3. The summed E-state index contributed by atoms with van der Waals surface area (Å²) in [5.41, 5.74) is -0.213. The van der Waals surface area contributed by atoms with Gasteiger partial charge in [0.2, 0.25) is 0 Å². The van der Waals surface area contributed by atoms with Gasteiger partial charge in [0.1, 0.15) is 0 Å². The number of rotatable bonds is 7. The fourth-order valence-electron chi connectivity index (χ4n) is 7.93. The van der Waals surface area contributed by atoms with Crippen LogP contribution < -0.4 is 0 Å². The second-order valence-corrected chi connectivity index (χ2v) is 11.4. The molecular weight excluding hydrogens is 380 g/mol. The van der Waals surface area contributed by atoms with Crippen LogP contribution in [0.2, 0.25) is 0 Å². The van der Waals surface area contributed by atoms with Gasteiger partial charge in [-0.15, -0.1) is 0 Å². The average Bonchev–Trinajstić information content (AvgIpc) is 3.06. The quantitative estimate of drug-likeness (QED) is 0.490. The number of aliphatic hydroxyl groups excluding tert-OH is 3. The Kier molecular flexibility index (Phi) is 7.26. The highest BCUT2D eigenvalue weighted by Crippen LogP contribution is 2.65. The minimum atomic E-state index is -0.752. The van der Waals surface area contributed by atoms with E-state index in [2.05, 4.69) is 27.7 Å². The highest BCUT2D eigenvalue weighted by atomic mass is 16.4. The Hall–Kier alpha value is -0.650. The van der Waals surface area contributed by atoms with Crippen molar-refractivity contribution in [2.45, 2.75) is 110 Å². The molecule has 3 unspecified atom stereocenters. The van der Waals surface area contributed by atoms with Crippen LogP contribution in [0.25, 0.3) is 0 Å². The van der Waals surface area contributed by atoms with Crippen molar-refractivity contribution in [3.05, 3.63) is 0 Å². The topological polar surface area (TPSA) is 98.0 Å². The van der Waals surface area contributed by atoms with Gasteiger partial charge in [-0.1, -0.05) is 27.7 Å². The van der Waals surface area contributed by atoms with Gasteiger partial charge in [0, 0.05) is 6.42 Å². The van der Waals surface area contributed by atoms with Crippen LogP contribution in [-0.4, -0.2) is 44.7 Å². The zero-order chi connectivity index (χ0) is 22.3. The van der Waals surface area contributed by atoms with E-state index in [4.69, 9.17) is 5.11 Å². The minimum absolute atomic E-state index is 0.0510. The van der Waals surface area contributed by atoms with Crippen LogP contribution in [0.3, 0.4) is 0 Å². The van der Waals surface area contributed by atoms with E-state index in [1.54, 1.807) is 0 Å². The minimum Gasteiger partial charge on any atom is -0.481 e. The zero-order valence-corrected chi connectivity index (χ0v) is 19.4. The van der Waals surface area contributed by atoms with Gasteiger partial charge in [0.25, 0.3) is 0 Å². The Morgan fingerprint density at radius 1 is 1.07 bits per heavy atom. The van der Waals surface area contributed by atoms with E-state index >= 15 is 0 Å². The van der Waals surface area contributed by atoms with Crippen molar-refractivity contribution in [1.29, 1.82) is 0 Å². The van der Waals surface area contributed by atoms with Crippen molar-refractivity contribution in [1.82, 2.24) is 0 Å². The van der Waals surface area contributed by atoms with Crippen molar-refractivity contribution in [2.24, 2.45) is 40.4 Å². The van der Waals surface area contributed by atoms with E-state index in [1.165, 1.54) is 0 Å². The highest BCUT2D eigenvalue weighted by Gasteiger charge is 2.62. The molecule has 0 bridgehead atoms. The lowest BCUT2D eigenvalue weighted by Gasteiger charge is -2.58. The molecule has 0 aliphatic heterocycles. The average molecular weight is 425 g/mol. The SMILES string of the molecule is CC[C@@H](O)C1C2CC[C@H]([C@H](C)CCC(=O)O)[C@@]2(C)[C@@H](O)CC1[C@]1(C)CC[C@H](O)CC1. The molecule has 3 rings (SSSR count). The number of hydrogen-bond donors (Lipinski definition) is 4. The van der Waals surface area contributed by atoms with Gasteiger partial charge in [0.15, 0.2) is 0 Å². The molecule has 0 radical (unpaired) electrons. The number of carboxylic acids is 1. The summed E-state index contributed by atoms with van der Waals surface area (Å²) >= 11 is 0. The van der Waals surface area contributed by atoms with E-state index in [0.29, 0.717) is 18.8 Å². The molecule has 4 N–H and O–H groups in total. The van der Waals surface area contributed by atoms with Crippen LogP contribution in [0.4, 0.5) is 0 Å². The molecule has 8 atom stereocenters. The molecule has 0 aromatic heterocycles. The molecule has 0 amide bonds. The number of aliphatic carboxylic acids is 1. The molecule has 0 saturated heterocycles. The fourth-order valence-corrected chi connectivity index (χ4v) is 7.93. The van der Waals surface area contributed by atoms with E-state index < -0.39 is 12.1 Å². The van der Waals surface area contributed by atoms with Crippen LogP contribution in [0.5, 0.6) is 0 Å². The third kappa shape index (κ3) is 4.19. The summed E-state index contributed by atoms with van der Waals surface area (Å²) in [5.74, 6) is 0.494. The third-order valence-corrected chi connectivity index (χ3v) is 9.87. The maximum absolute atomic E-state index is 11.5. The maximum atomic E-state index is 11.5. The van der Waals surface area contributed by atoms with Crippen LogP contribution >= 0.6 is 0 Å². The van der Waals surface area contributed by atoms with Crippen molar-refractivity contribution in [2.75, 3.05) is 0 Å². The third-order valence-electron chi connectivity index (χ3n) is 9.87. The largest absolute Gasteiger partial charge is 0.481 e. The summed E-state index contributed by atoms with van der Waals surface area (Å²) in [6.45, 7) is 8.74. The van der Waals surface area contributed by atoms with E-state index in [9.17, 15) is 20.1 Å². The van der Waals surface area contributed by atoms with Crippen LogP contribution in [0.15, 0.2) is 0 Å². The molecule has 3 saturated carbocycles. The first-order valence-corrected chi connectivity index (χ1v) is 12.3. The number of aliphatic hydroxyl groups is 3. The molecule has 30 heavy (non-hydrogen) atoms. The van der Waals surface area contributed by atoms with Crippen molar-refractivity contribution in [3.8, 4) is 0 Å². The van der Waals surface area contributed by atoms with E-state index in [1.807, 2.05) is 0 Å². The Morgan fingerprint density at radius 3 is 2.27 bits per heavy atom. The molecule has 174 valence electrons. The zero-order valence-electron chi connectivity index (χ0n) is 19.4. The van der Waals surface area contributed by atoms with Gasteiger partial charge >= 0.3 is 5.97 Å². The van der Waals surface area contributed by atoms with Gasteiger partial charge in [-0.05, 0) is 98.2 Å². The lowest BCUT2D eigenvalue weighted by atomic mass is 9.48. The normalized spacial score (nSPS) is 46.2. The molecule has 0 aromatic carbocycles. The molecule has 0 spiro atoms. The lowest BCUT2D eigenvalue weighted by Crippen LogP contribution is -2.57. The van der Waals surface area contributed by atoms with E-state index in [-0.39, 0.29) is 53.1 Å². The predicted molar refractivity (Wildman–Crippen MR) is 117 cm³/mol.